The summed E-state index contributed by atoms with van der Waals surface area (Å²) >= 11 is 5.12. The van der Waals surface area contributed by atoms with Crippen LogP contribution in [0.3, 0.4) is 0 Å². The highest BCUT2D eigenvalue weighted by molar-refractivity contribution is 9.10. The Kier molecular flexibility index (Phi) is 6.05. The number of amides is 1. The molecule has 144 valence electrons. The molecule has 0 radical (unpaired) electrons. The summed E-state index contributed by atoms with van der Waals surface area (Å²) in [6.07, 6.45) is -4.30. The maximum absolute atomic E-state index is 12.7. The van der Waals surface area contributed by atoms with Gasteiger partial charge in [-0.05, 0) is 51.3 Å². The lowest BCUT2D eigenvalue weighted by Gasteiger charge is -2.24. The van der Waals surface area contributed by atoms with Crippen LogP contribution in [-0.2, 0) is 17.4 Å². The second kappa shape index (κ2) is 8.14. The average Bonchev–Trinajstić information content (AvgIpc) is 3.11. The molecule has 3 rings (SSSR count). The van der Waals surface area contributed by atoms with Gasteiger partial charge in [0.15, 0.2) is 0 Å². The van der Waals surface area contributed by atoms with Crippen LogP contribution >= 0.6 is 27.7 Å². The zero-order valence-electron chi connectivity index (χ0n) is 14.4. The van der Waals surface area contributed by atoms with Gasteiger partial charge in [0, 0.05) is 12.3 Å². The molecule has 0 aromatic heterocycles. The molecule has 1 atom stereocenters. The van der Waals surface area contributed by atoms with Crippen molar-refractivity contribution in [2.45, 2.75) is 18.0 Å². The highest BCUT2D eigenvalue weighted by Gasteiger charge is 2.32. The molecule has 0 N–H and O–H groups in total. The third kappa shape index (κ3) is 4.60. The van der Waals surface area contributed by atoms with E-state index >= 15 is 0 Å². The molecule has 1 aliphatic heterocycles. The monoisotopic (exact) mass is 459 g/mol. The second-order valence-corrected chi connectivity index (χ2v) is 8.12. The molecule has 1 heterocycles. The fourth-order valence-corrected chi connectivity index (χ4v) is 4.75. The Morgan fingerprint density at radius 2 is 1.96 bits per heavy atom. The van der Waals surface area contributed by atoms with Crippen LogP contribution in [0.1, 0.15) is 22.1 Å². The van der Waals surface area contributed by atoms with E-state index in [9.17, 15) is 18.0 Å². The molecule has 1 unspecified atom stereocenters. The van der Waals surface area contributed by atoms with Crippen molar-refractivity contribution in [3.05, 3.63) is 63.6 Å². The first-order valence-electron chi connectivity index (χ1n) is 8.20. The van der Waals surface area contributed by atoms with Crippen molar-refractivity contribution in [2.75, 3.05) is 19.4 Å². The van der Waals surface area contributed by atoms with E-state index in [2.05, 4.69) is 15.9 Å². The fraction of sp³-hybridized carbons (Fsp3) is 0.316. The molecule has 1 amide bonds. The first kappa shape index (κ1) is 20.1. The fourth-order valence-electron chi connectivity index (χ4n) is 2.93. The minimum Gasteiger partial charge on any atom is -0.496 e. The largest absolute Gasteiger partial charge is 0.496 e. The van der Waals surface area contributed by atoms with Crippen molar-refractivity contribution in [1.29, 1.82) is 0 Å². The van der Waals surface area contributed by atoms with E-state index in [-0.39, 0.29) is 17.7 Å². The highest BCUT2D eigenvalue weighted by Crippen LogP contribution is 2.40. The number of ether oxygens (including phenoxy) is 1. The predicted octanol–water partition coefficient (Wildman–Crippen LogP) is 5.29. The van der Waals surface area contributed by atoms with Gasteiger partial charge >= 0.3 is 6.18 Å². The molecule has 8 heteroatoms. The molecule has 1 aliphatic rings. The third-order valence-electron chi connectivity index (χ3n) is 4.31. The smallest absolute Gasteiger partial charge is 0.416 e. The lowest BCUT2D eigenvalue weighted by molar-refractivity contribution is -0.137. The summed E-state index contributed by atoms with van der Waals surface area (Å²) in [5.41, 5.74) is 0.835. The summed E-state index contributed by atoms with van der Waals surface area (Å²) in [7, 11) is 1.59. The third-order valence-corrected chi connectivity index (χ3v) is 6.19. The van der Waals surface area contributed by atoms with Gasteiger partial charge < -0.3 is 9.64 Å². The van der Waals surface area contributed by atoms with E-state index < -0.39 is 11.7 Å². The van der Waals surface area contributed by atoms with E-state index in [1.165, 1.54) is 12.1 Å². The summed E-state index contributed by atoms with van der Waals surface area (Å²) in [6.45, 7) is 0.610. The number of halogens is 4. The van der Waals surface area contributed by atoms with Crippen LogP contribution in [0.2, 0.25) is 0 Å². The molecule has 0 spiro atoms. The Morgan fingerprint density at radius 1 is 1.26 bits per heavy atom. The summed E-state index contributed by atoms with van der Waals surface area (Å²) in [6, 6.07) is 10.5. The lowest BCUT2D eigenvalue weighted by atomic mass is 10.1. The first-order valence-corrected chi connectivity index (χ1v) is 10.0. The van der Waals surface area contributed by atoms with E-state index in [1.54, 1.807) is 23.8 Å². The number of hydrogen-bond acceptors (Lipinski definition) is 3. The maximum atomic E-state index is 12.7. The zero-order valence-corrected chi connectivity index (χ0v) is 16.8. The van der Waals surface area contributed by atoms with Gasteiger partial charge in [-0.3, -0.25) is 4.79 Å². The quantitative estimate of drug-likeness (QED) is 0.621. The molecular formula is C19H17BrF3NO2S. The summed E-state index contributed by atoms with van der Waals surface area (Å²) in [5, 5.41) is -0.117. The van der Waals surface area contributed by atoms with Gasteiger partial charge in [-0.25, -0.2) is 0 Å². The molecule has 0 aliphatic carbocycles. The normalized spacial score (nSPS) is 17.2. The van der Waals surface area contributed by atoms with Gasteiger partial charge in [0.1, 0.15) is 11.1 Å². The van der Waals surface area contributed by atoms with Crippen LogP contribution in [0.25, 0.3) is 0 Å². The minimum atomic E-state index is -4.37. The summed E-state index contributed by atoms with van der Waals surface area (Å²) in [5.74, 6) is 1.42. The molecule has 1 fully saturated rings. The number of alkyl halides is 3. The maximum Gasteiger partial charge on any atom is 0.416 e. The molecule has 27 heavy (non-hydrogen) atoms. The zero-order chi connectivity index (χ0) is 19.6. The molecule has 1 saturated heterocycles. The standard InChI is InChI=1S/C19H17BrF3NO2S/c1-26-16-7-4-13(11-15(16)20)18-24(8-9-27-18)17(25)10-12-2-5-14(6-3-12)19(21,22)23/h2-7,11,18H,8-10H2,1H3. The van der Waals surface area contributed by atoms with Crippen molar-refractivity contribution >= 4 is 33.6 Å². The Balaban J connectivity index is 1.73. The average molecular weight is 460 g/mol. The van der Waals surface area contributed by atoms with Gasteiger partial charge in [-0.2, -0.15) is 13.2 Å². The van der Waals surface area contributed by atoms with Crippen LogP contribution in [0, 0.1) is 0 Å². The van der Waals surface area contributed by atoms with Crippen molar-refractivity contribution in [2.24, 2.45) is 0 Å². The Morgan fingerprint density at radius 3 is 2.56 bits per heavy atom. The van der Waals surface area contributed by atoms with Crippen molar-refractivity contribution in [1.82, 2.24) is 4.90 Å². The summed E-state index contributed by atoms with van der Waals surface area (Å²) in [4.78, 5) is 14.5. The van der Waals surface area contributed by atoms with Crippen molar-refractivity contribution in [3.8, 4) is 5.75 Å². The molecule has 2 aromatic carbocycles. The second-order valence-electron chi connectivity index (χ2n) is 6.08. The molecule has 0 saturated carbocycles. The molecular weight excluding hydrogens is 443 g/mol. The van der Waals surface area contributed by atoms with Gasteiger partial charge in [-0.1, -0.05) is 18.2 Å². The number of rotatable bonds is 4. The van der Waals surface area contributed by atoms with E-state index in [0.717, 1.165) is 27.9 Å². The van der Waals surface area contributed by atoms with Crippen molar-refractivity contribution in [3.63, 3.8) is 0 Å². The first-order chi connectivity index (χ1) is 12.8. The van der Waals surface area contributed by atoms with Gasteiger partial charge in [0.25, 0.3) is 0 Å². The van der Waals surface area contributed by atoms with Crippen LogP contribution in [0.4, 0.5) is 13.2 Å². The highest BCUT2D eigenvalue weighted by atomic mass is 79.9. The number of thioether (sulfide) groups is 1. The lowest BCUT2D eigenvalue weighted by Crippen LogP contribution is -2.31. The van der Waals surface area contributed by atoms with Crippen LogP contribution < -0.4 is 4.74 Å². The number of nitrogens with zero attached hydrogens (tertiary/aromatic N) is 1. The van der Waals surface area contributed by atoms with Gasteiger partial charge in [-0.15, -0.1) is 11.8 Å². The SMILES string of the molecule is COc1ccc(C2SCCN2C(=O)Cc2ccc(C(F)(F)F)cc2)cc1Br. The molecule has 2 aromatic rings. The Bertz CT molecular complexity index is 827. The topological polar surface area (TPSA) is 29.5 Å². The van der Waals surface area contributed by atoms with Crippen LogP contribution in [0.5, 0.6) is 5.75 Å². The summed E-state index contributed by atoms with van der Waals surface area (Å²) < 4.78 is 44.0. The van der Waals surface area contributed by atoms with Crippen molar-refractivity contribution < 1.29 is 22.7 Å². The predicted molar refractivity (Wildman–Crippen MR) is 103 cm³/mol. The molecule has 0 bridgehead atoms. The van der Waals surface area contributed by atoms with E-state index in [0.29, 0.717) is 17.9 Å². The van der Waals surface area contributed by atoms with Crippen LogP contribution in [-0.4, -0.2) is 30.2 Å². The Labute approximate surface area is 168 Å². The van der Waals surface area contributed by atoms with Crippen LogP contribution in [0.15, 0.2) is 46.9 Å². The number of carbonyl (C=O) groups excluding carboxylic acids is 1. The van der Waals surface area contributed by atoms with Gasteiger partial charge in [0.05, 0.1) is 23.6 Å². The number of benzene rings is 2. The minimum absolute atomic E-state index is 0.0759. The van der Waals surface area contributed by atoms with Gasteiger partial charge in [0.2, 0.25) is 5.91 Å². The van der Waals surface area contributed by atoms with E-state index in [4.69, 9.17) is 4.74 Å². The number of methoxy groups -OCH3 is 1. The Hall–Kier alpha value is -1.67. The number of hydrogen-bond donors (Lipinski definition) is 0. The number of carbonyl (C=O) groups is 1. The van der Waals surface area contributed by atoms with E-state index in [1.807, 2.05) is 18.2 Å². The molecule has 3 nitrogen and oxygen atoms in total.